The Morgan fingerprint density at radius 1 is 1.03 bits per heavy atom. The Kier molecular flexibility index (Phi) is 7.58. The van der Waals surface area contributed by atoms with Gasteiger partial charge in [0.2, 0.25) is 5.91 Å². The molecule has 1 atom stereocenters. The lowest BCUT2D eigenvalue weighted by Crippen LogP contribution is -2.73. The SMILES string of the molecule is CC(C(=O)OCC(C)(C)N1CC(C)(C)NC(C)(C)C1=O)c1cc(C(C)(C)C)c(O)c(C(C)(C)C)c1. The van der Waals surface area contributed by atoms with Gasteiger partial charge in [-0.15, -0.1) is 0 Å². The first-order valence-electron chi connectivity index (χ1n) is 12.7. The van der Waals surface area contributed by atoms with Crippen LogP contribution < -0.4 is 5.32 Å². The highest BCUT2D eigenvalue weighted by Crippen LogP contribution is 2.41. The highest BCUT2D eigenvalue weighted by atomic mass is 16.5. The summed E-state index contributed by atoms with van der Waals surface area (Å²) in [6, 6.07) is 3.85. The maximum absolute atomic E-state index is 13.2. The van der Waals surface area contributed by atoms with Gasteiger partial charge >= 0.3 is 5.97 Å². The molecule has 6 nitrogen and oxygen atoms in total. The molecule has 1 aromatic rings. The topological polar surface area (TPSA) is 78.9 Å². The third-order valence-electron chi connectivity index (χ3n) is 6.88. The van der Waals surface area contributed by atoms with E-state index in [1.54, 1.807) is 0 Å². The lowest BCUT2D eigenvalue weighted by Gasteiger charge is -2.52. The monoisotopic (exact) mass is 488 g/mol. The van der Waals surface area contributed by atoms with Crippen molar-refractivity contribution in [2.45, 2.75) is 123 Å². The number of phenols is 1. The number of rotatable bonds is 5. The van der Waals surface area contributed by atoms with Crippen LogP contribution >= 0.6 is 0 Å². The predicted molar refractivity (Wildman–Crippen MR) is 142 cm³/mol. The number of piperazine rings is 1. The van der Waals surface area contributed by atoms with E-state index in [0.29, 0.717) is 6.54 Å². The van der Waals surface area contributed by atoms with Gasteiger partial charge in [-0.2, -0.15) is 0 Å². The summed E-state index contributed by atoms with van der Waals surface area (Å²) in [5.74, 6) is -0.572. The molecular weight excluding hydrogens is 440 g/mol. The van der Waals surface area contributed by atoms with E-state index in [4.69, 9.17) is 4.74 Å². The fourth-order valence-electron chi connectivity index (χ4n) is 4.87. The Bertz CT molecular complexity index is 942. The molecule has 1 fully saturated rings. The molecule has 0 radical (unpaired) electrons. The maximum atomic E-state index is 13.2. The van der Waals surface area contributed by atoms with Gasteiger partial charge < -0.3 is 14.7 Å². The zero-order valence-electron chi connectivity index (χ0n) is 24.3. The Morgan fingerprint density at radius 3 is 1.91 bits per heavy atom. The molecule has 1 aliphatic heterocycles. The molecular formula is C29H48N2O4. The normalized spacial score (nSPS) is 19.5. The van der Waals surface area contributed by atoms with E-state index in [0.717, 1.165) is 16.7 Å². The second kappa shape index (κ2) is 9.10. The largest absolute Gasteiger partial charge is 0.507 e. The molecule has 1 heterocycles. The van der Waals surface area contributed by atoms with E-state index in [1.165, 1.54) is 0 Å². The van der Waals surface area contributed by atoms with E-state index >= 15 is 0 Å². The van der Waals surface area contributed by atoms with Crippen molar-refractivity contribution in [3.8, 4) is 5.75 Å². The minimum absolute atomic E-state index is 0.00547. The van der Waals surface area contributed by atoms with E-state index in [2.05, 4.69) is 60.7 Å². The molecule has 0 saturated carbocycles. The smallest absolute Gasteiger partial charge is 0.313 e. The van der Waals surface area contributed by atoms with E-state index in [9.17, 15) is 14.7 Å². The van der Waals surface area contributed by atoms with Crippen LogP contribution in [0.2, 0.25) is 0 Å². The van der Waals surface area contributed by atoms with Crippen LogP contribution in [0.5, 0.6) is 5.75 Å². The Labute approximate surface area is 212 Å². The minimum atomic E-state index is -0.699. The van der Waals surface area contributed by atoms with Gasteiger partial charge in [0.05, 0.1) is 17.0 Å². The first-order chi connectivity index (χ1) is 15.5. The van der Waals surface area contributed by atoms with Crippen LogP contribution in [-0.4, -0.2) is 51.7 Å². The number of hydrogen-bond donors (Lipinski definition) is 2. The zero-order valence-corrected chi connectivity index (χ0v) is 24.3. The number of amides is 1. The average Bonchev–Trinajstić information content (AvgIpc) is 2.65. The van der Waals surface area contributed by atoms with Gasteiger partial charge in [0.1, 0.15) is 12.4 Å². The number of benzene rings is 1. The summed E-state index contributed by atoms with van der Waals surface area (Å²) in [4.78, 5) is 28.2. The van der Waals surface area contributed by atoms with Crippen molar-refractivity contribution in [1.29, 1.82) is 0 Å². The fraction of sp³-hybridized carbons (Fsp3) is 0.724. The number of aromatic hydroxyl groups is 1. The predicted octanol–water partition coefficient (Wildman–Crippen LogP) is 5.40. The van der Waals surface area contributed by atoms with Crippen molar-refractivity contribution in [1.82, 2.24) is 10.2 Å². The van der Waals surface area contributed by atoms with Gasteiger partial charge in [-0.3, -0.25) is 14.9 Å². The maximum Gasteiger partial charge on any atom is 0.313 e. The third-order valence-corrected chi connectivity index (χ3v) is 6.88. The number of phenolic OH excluding ortho intramolecular Hbond substituents is 1. The molecule has 198 valence electrons. The molecule has 1 amide bonds. The molecule has 0 bridgehead atoms. The summed E-state index contributed by atoms with van der Waals surface area (Å²) in [5.41, 5.74) is 0.264. The van der Waals surface area contributed by atoms with Gasteiger partial charge in [0, 0.05) is 12.1 Å². The van der Waals surface area contributed by atoms with Crippen molar-refractivity contribution >= 4 is 11.9 Å². The van der Waals surface area contributed by atoms with E-state index < -0.39 is 17.0 Å². The summed E-state index contributed by atoms with van der Waals surface area (Å²) in [6.45, 7) is 26.6. The fourth-order valence-corrected chi connectivity index (χ4v) is 4.87. The quantitative estimate of drug-likeness (QED) is 0.543. The van der Waals surface area contributed by atoms with E-state index in [-0.39, 0.29) is 40.6 Å². The van der Waals surface area contributed by atoms with Crippen molar-refractivity contribution in [2.75, 3.05) is 13.2 Å². The molecule has 0 aliphatic carbocycles. The summed E-state index contributed by atoms with van der Waals surface area (Å²) >= 11 is 0. The molecule has 2 N–H and O–H groups in total. The summed E-state index contributed by atoms with van der Waals surface area (Å²) < 4.78 is 5.83. The standard InChI is InChI=1S/C29H48N2O4/c1-18(19-14-20(25(2,3)4)22(32)21(15-19)26(5,6)7)23(33)35-17-28(10,11)31-16-27(8,9)30-29(12,13)24(31)34/h14-15,18,30,32H,16-17H2,1-13H3. The first kappa shape index (κ1) is 29.2. The van der Waals surface area contributed by atoms with E-state index in [1.807, 2.05) is 51.7 Å². The van der Waals surface area contributed by atoms with Crippen LogP contribution in [0.15, 0.2) is 12.1 Å². The van der Waals surface area contributed by atoms with Crippen molar-refractivity contribution in [3.63, 3.8) is 0 Å². The summed E-state index contributed by atoms with van der Waals surface area (Å²) in [7, 11) is 0. The van der Waals surface area contributed by atoms with Crippen LogP contribution in [-0.2, 0) is 25.2 Å². The lowest BCUT2D eigenvalue weighted by atomic mass is 9.77. The first-order valence-corrected chi connectivity index (χ1v) is 12.7. The van der Waals surface area contributed by atoms with Crippen LogP contribution in [0.3, 0.4) is 0 Å². The number of hydrogen-bond acceptors (Lipinski definition) is 5. The Balaban J connectivity index is 2.30. The van der Waals surface area contributed by atoms with Crippen molar-refractivity contribution in [2.24, 2.45) is 0 Å². The number of nitrogens with one attached hydrogen (secondary N) is 1. The second-order valence-corrected chi connectivity index (χ2v) is 14.1. The molecule has 0 spiro atoms. The molecule has 6 heteroatoms. The molecule has 0 aromatic heterocycles. The highest BCUT2D eigenvalue weighted by Gasteiger charge is 2.48. The Hall–Kier alpha value is -2.08. The lowest BCUT2D eigenvalue weighted by molar-refractivity contribution is -0.160. The molecule has 35 heavy (non-hydrogen) atoms. The Morgan fingerprint density at radius 2 is 1.49 bits per heavy atom. The summed E-state index contributed by atoms with van der Waals surface area (Å²) in [6.07, 6.45) is 0. The zero-order chi connectivity index (χ0) is 27.4. The number of carbonyl (C=O) groups excluding carboxylic acids is 2. The van der Waals surface area contributed by atoms with Crippen LogP contribution in [0.25, 0.3) is 0 Å². The molecule has 1 saturated heterocycles. The van der Waals surface area contributed by atoms with Gasteiger partial charge in [0.25, 0.3) is 0 Å². The van der Waals surface area contributed by atoms with Crippen LogP contribution in [0.4, 0.5) is 0 Å². The molecule has 1 aromatic carbocycles. The highest BCUT2D eigenvalue weighted by molar-refractivity contribution is 5.87. The van der Waals surface area contributed by atoms with Crippen LogP contribution in [0, 0.1) is 0 Å². The van der Waals surface area contributed by atoms with Gasteiger partial charge in [-0.1, -0.05) is 53.7 Å². The van der Waals surface area contributed by atoms with Crippen molar-refractivity contribution < 1.29 is 19.4 Å². The number of carbonyl (C=O) groups is 2. The molecule has 2 rings (SSSR count). The van der Waals surface area contributed by atoms with Crippen LogP contribution in [0.1, 0.15) is 113 Å². The molecule has 1 unspecified atom stereocenters. The summed E-state index contributed by atoms with van der Waals surface area (Å²) in [5, 5.41) is 14.4. The number of ether oxygens (including phenoxy) is 1. The number of esters is 1. The third kappa shape index (κ3) is 6.38. The minimum Gasteiger partial charge on any atom is -0.507 e. The van der Waals surface area contributed by atoms with Gasteiger partial charge in [-0.25, -0.2) is 0 Å². The molecule has 1 aliphatic rings. The van der Waals surface area contributed by atoms with Gasteiger partial charge in [-0.05, 0) is 76.0 Å². The number of nitrogens with zero attached hydrogens (tertiary/aromatic N) is 1. The van der Waals surface area contributed by atoms with Crippen molar-refractivity contribution in [3.05, 3.63) is 28.8 Å². The second-order valence-electron chi connectivity index (χ2n) is 14.1. The average molecular weight is 489 g/mol. The van der Waals surface area contributed by atoms with Gasteiger partial charge in [0.15, 0.2) is 0 Å².